The summed E-state index contributed by atoms with van der Waals surface area (Å²) in [4.78, 5) is 27.7. The lowest BCUT2D eigenvalue weighted by atomic mass is 10.0. The number of carbonyl (C=O) groups is 1. The largest absolute Gasteiger partial charge is 0.394 e. The maximum Gasteiger partial charge on any atom is 0.242 e. The van der Waals surface area contributed by atoms with Crippen LogP contribution in [0.2, 0.25) is 0 Å². The second-order valence-electron chi connectivity index (χ2n) is 7.84. The van der Waals surface area contributed by atoms with E-state index < -0.39 is 0 Å². The van der Waals surface area contributed by atoms with E-state index in [0.29, 0.717) is 5.82 Å². The third kappa shape index (κ3) is 4.81. The number of carbonyl (C=O) groups excluding carboxylic acids is 1. The van der Waals surface area contributed by atoms with E-state index >= 15 is 0 Å². The molecule has 2 N–H and O–H groups in total. The lowest BCUT2D eigenvalue weighted by molar-refractivity contribution is -0.129. The van der Waals surface area contributed by atoms with Crippen LogP contribution in [0.3, 0.4) is 0 Å². The van der Waals surface area contributed by atoms with Gasteiger partial charge in [-0.2, -0.15) is 0 Å². The molecule has 4 rings (SSSR count). The zero-order chi connectivity index (χ0) is 20.8. The smallest absolute Gasteiger partial charge is 0.242 e. The minimum absolute atomic E-state index is 0.0779. The van der Waals surface area contributed by atoms with Crippen LogP contribution in [0, 0.1) is 0 Å². The highest BCUT2D eigenvalue weighted by Crippen LogP contribution is 2.24. The fourth-order valence-electron chi connectivity index (χ4n) is 4.22. The zero-order valence-electron chi connectivity index (χ0n) is 17.3. The first-order valence-electron chi connectivity index (χ1n) is 10.8. The van der Waals surface area contributed by atoms with Crippen molar-refractivity contribution in [3.05, 3.63) is 42.7 Å². The number of amides is 1. The van der Waals surface area contributed by atoms with Gasteiger partial charge in [-0.1, -0.05) is 18.2 Å². The molecule has 8 nitrogen and oxygen atoms in total. The second-order valence-corrected chi connectivity index (χ2v) is 7.84. The Hall–Kier alpha value is -2.87. The third-order valence-corrected chi connectivity index (χ3v) is 5.96. The summed E-state index contributed by atoms with van der Waals surface area (Å²) in [5.41, 5.74) is 1.20. The highest BCUT2D eigenvalue weighted by molar-refractivity contribution is 5.81. The third-order valence-electron chi connectivity index (χ3n) is 5.96. The number of para-hydroxylation sites is 1. The molecule has 160 valence electrons. The maximum absolute atomic E-state index is 12.7. The predicted octanol–water partition coefficient (Wildman–Crippen LogP) is 1.59. The van der Waals surface area contributed by atoms with Gasteiger partial charge in [-0.15, -0.1) is 0 Å². The Morgan fingerprint density at radius 1 is 1.07 bits per heavy atom. The number of hydrogen-bond acceptors (Lipinski definition) is 7. The van der Waals surface area contributed by atoms with Gasteiger partial charge in [-0.25, -0.2) is 9.97 Å². The molecule has 1 unspecified atom stereocenters. The molecule has 1 aromatic carbocycles. The molecule has 2 aromatic rings. The van der Waals surface area contributed by atoms with E-state index in [1.165, 1.54) is 12.0 Å². The van der Waals surface area contributed by atoms with Crippen molar-refractivity contribution in [2.75, 3.05) is 61.0 Å². The van der Waals surface area contributed by atoms with Gasteiger partial charge in [0, 0.05) is 44.5 Å². The Morgan fingerprint density at radius 2 is 1.87 bits per heavy atom. The number of aliphatic hydroxyl groups is 1. The fourth-order valence-corrected chi connectivity index (χ4v) is 4.22. The van der Waals surface area contributed by atoms with E-state index in [0.717, 1.165) is 57.8 Å². The monoisotopic (exact) mass is 410 g/mol. The average molecular weight is 411 g/mol. The summed E-state index contributed by atoms with van der Waals surface area (Å²) in [6.45, 7) is 4.33. The number of piperidine rings is 1. The number of benzene rings is 1. The molecule has 2 aliphatic heterocycles. The molecule has 1 aromatic heterocycles. The van der Waals surface area contributed by atoms with E-state index in [1.54, 1.807) is 0 Å². The van der Waals surface area contributed by atoms with Crippen molar-refractivity contribution in [3.63, 3.8) is 0 Å². The van der Waals surface area contributed by atoms with Gasteiger partial charge in [-0.3, -0.25) is 4.79 Å². The normalized spacial score (nSPS) is 19.6. The molecule has 8 heteroatoms. The van der Waals surface area contributed by atoms with Gasteiger partial charge in [0.15, 0.2) is 0 Å². The van der Waals surface area contributed by atoms with E-state index in [4.69, 9.17) is 0 Å². The van der Waals surface area contributed by atoms with Gasteiger partial charge in [0.2, 0.25) is 5.91 Å². The van der Waals surface area contributed by atoms with Crippen LogP contribution in [-0.2, 0) is 4.79 Å². The first kappa shape index (κ1) is 20.4. The van der Waals surface area contributed by atoms with Gasteiger partial charge < -0.3 is 25.1 Å². The Bertz CT molecular complexity index is 825. The van der Waals surface area contributed by atoms with Gasteiger partial charge in [0.25, 0.3) is 0 Å². The van der Waals surface area contributed by atoms with Gasteiger partial charge in [0.05, 0.1) is 19.2 Å². The molecule has 2 aliphatic rings. The van der Waals surface area contributed by atoms with Crippen molar-refractivity contribution < 1.29 is 9.90 Å². The molecule has 1 atom stereocenters. The quantitative estimate of drug-likeness (QED) is 0.748. The topological polar surface area (TPSA) is 84.8 Å². The van der Waals surface area contributed by atoms with Crippen molar-refractivity contribution >= 4 is 23.2 Å². The molecule has 2 saturated heterocycles. The Labute approximate surface area is 177 Å². The minimum atomic E-state index is 0.0779. The number of anilines is 3. The fraction of sp³-hybridized carbons (Fsp3) is 0.500. The van der Waals surface area contributed by atoms with E-state index in [9.17, 15) is 9.90 Å². The molecule has 0 saturated carbocycles. The van der Waals surface area contributed by atoms with Crippen LogP contribution in [-0.4, -0.2) is 77.8 Å². The van der Waals surface area contributed by atoms with Crippen molar-refractivity contribution in [1.82, 2.24) is 14.9 Å². The summed E-state index contributed by atoms with van der Waals surface area (Å²) in [6, 6.07) is 12.3. The minimum Gasteiger partial charge on any atom is -0.394 e. The van der Waals surface area contributed by atoms with Crippen molar-refractivity contribution in [1.29, 1.82) is 0 Å². The standard InChI is InChI=1S/C22H30N6O2/c29-16-19-8-4-5-9-28(19)21-14-20(24-17-25-21)23-15-22(30)27-12-10-26(11-13-27)18-6-2-1-3-7-18/h1-3,6-7,14,17,19,29H,4-5,8-13,15-16H2,(H,23,24,25). The number of aliphatic hydroxyl groups excluding tert-OH is 1. The average Bonchev–Trinajstić information content (AvgIpc) is 2.83. The van der Waals surface area contributed by atoms with Gasteiger partial charge in [-0.05, 0) is 31.4 Å². The molecular formula is C22H30N6O2. The molecular weight excluding hydrogens is 380 g/mol. The Morgan fingerprint density at radius 3 is 2.63 bits per heavy atom. The van der Waals surface area contributed by atoms with E-state index in [1.807, 2.05) is 29.2 Å². The van der Waals surface area contributed by atoms with Gasteiger partial charge in [0.1, 0.15) is 18.0 Å². The number of piperazine rings is 1. The second kappa shape index (κ2) is 9.75. The maximum atomic E-state index is 12.7. The summed E-state index contributed by atoms with van der Waals surface area (Å²) in [6.07, 6.45) is 4.71. The number of hydrogen-bond donors (Lipinski definition) is 2. The number of rotatable bonds is 6. The molecule has 0 radical (unpaired) electrons. The molecule has 3 heterocycles. The zero-order valence-corrected chi connectivity index (χ0v) is 17.3. The van der Waals surface area contributed by atoms with Crippen LogP contribution in [0.5, 0.6) is 0 Å². The molecule has 0 aliphatic carbocycles. The molecule has 2 fully saturated rings. The van der Waals surface area contributed by atoms with E-state index in [2.05, 4.69) is 37.2 Å². The number of aromatic nitrogens is 2. The summed E-state index contributed by atoms with van der Waals surface area (Å²) in [5.74, 6) is 1.52. The van der Waals surface area contributed by atoms with Crippen LogP contribution in [0.15, 0.2) is 42.7 Å². The molecule has 0 bridgehead atoms. The first-order valence-corrected chi connectivity index (χ1v) is 10.8. The Balaban J connectivity index is 1.29. The van der Waals surface area contributed by atoms with Crippen LogP contribution >= 0.6 is 0 Å². The predicted molar refractivity (Wildman–Crippen MR) is 118 cm³/mol. The van der Waals surface area contributed by atoms with Crippen molar-refractivity contribution in [3.8, 4) is 0 Å². The van der Waals surface area contributed by atoms with Crippen LogP contribution in [0.1, 0.15) is 19.3 Å². The van der Waals surface area contributed by atoms with Crippen molar-refractivity contribution in [2.45, 2.75) is 25.3 Å². The van der Waals surface area contributed by atoms with Crippen LogP contribution in [0.25, 0.3) is 0 Å². The highest BCUT2D eigenvalue weighted by Gasteiger charge is 2.24. The summed E-state index contributed by atoms with van der Waals surface area (Å²) >= 11 is 0. The Kier molecular flexibility index (Phi) is 6.63. The number of nitrogens with zero attached hydrogens (tertiary/aromatic N) is 5. The van der Waals surface area contributed by atoms with Gasteiger partial charge >= 0.3 is 0 Å². The summed E-state index contributed by atoms with van der Waals surface area (Å²) in [5, 5.41) is 12.8. The number of nitrogens with one attached hydrogen (secondary N) is 1. The summed E-state index contributed by atoms with van der Waals surface area (Å²) < 4.78 is 0. The first-order chi connectivity index (χ1) is 14.7. The van der Waals surface area contributed by atoms with Crippen molar-refractivity contribution in [2.24, 2.45) is 0 Å². The van der Waals surface area contributed by atoms with E-state index in [-0.39, 0.29) is 25.1 Å². The lowest BCUT2D eigenvalue weighted by Crippen LogP contribution is -2.50. The molecule has 30 heavy (non-hydrogen) atoms. The van der Waals surface area contributed by atoms with Crippen LogP contribution < -0.4 is 15.1 Å². The SMILES string of the molecule is O=C(CNc1cc(N2CCCCC2CO)ncn1)N1CCN(c2ccccc2)CC1. The van der Waals surface area contributed by atoms with Crippen LogP contribution in [0.4, 0.5) is 17.3 Å². The molecule has 0 spiro atoms. The highest BCUT2D eigenvalue weighted by atomic mass is 16.3. The summed E-state index contributed by atoms with van der Waals surface area (Å²) in [7, 11) is 0. The molecule has 1 amide bonds. The lowest BCUT2D eigenvalue weighted by Gasteiger charge is -2.36.